The topological polar surface area (TPSA) is 50.4 Å². The van der Waals surface area contributed by atoms with Crippen molar-refractivity contribution in [2.24, 2.45) is 0 Å². The van der Waals surface area contributed by atoms with Gasteiger partial charge >= 0.3 is 0 Å². The molecule has 0 saturated carbocycles. The Morgan fingerprint density at radius 1 is 1.44 bits per heavy atom. The summed E-state index contributed by atoms with van der Waals surface area (Å²) >= 11 is 1.58. The molecule has 4 nitrogen and oxygen atoms in total. The quantitative estimate of drug-likeness (QED) is 0.866. The first-order valence-electron chi connectivity index (χ1n) is 6.04. The van der Waals surface area contributed by atoms with Crippen LogP contribution in [0.5, 0.6) is 0 Å². The van der Waals surface area contributed by atoms with Gasteiger partial charge in [-0.15, -0.1) is 0 Å². The average Bonchev–Trinajstić information content (AvgIpc) is 2.73. The molecular formula is C13H19N3OS. The molecule has 0 fully saturated rings. The van der Waals surface area contributed by atoms with Crippen LogP contribution >= 0.6 is 11.8 Å². The van der Waals surface area contributed by atoms with Crippen molar-refractivity contribution in [3.63, 3.8) is 0 Å². The Bertz CT molecular complexity index is 545. The standard InChI is InChI=1S/C13H19N3OS/c1-9(8-17)18-12-10-7-11(13(2,3)4)15-16(10)6-5-14-12/h5-7,9,17H,8H2,1-4H3. The molecule has 1 unspecified atom stereocenters. The molecule has 5 heteroatoms. The molecule has 0 aromatic carbocycles. The van der Waals surface area contributed by atoms with Crippen molar-refractivity contribution >= 4 is 17.3 Å². The molecule has 0 aliphatic rings. The molecule has 2 rings (SSSR count). The second-order valence-corrected chi connectivity index (χ2v) is 6.88. The fourth-order valence-corrected chi connectivity index (χ4v) is 2.43. The van der Waals surface area contributed by atoms with Crippen molar-refractivity contribution in [1.29, 1.82) is 0 Å². The van der Waals surface area contributed by atoms with Crippen LogP contribution in [0.3, 0.4) is 0 Å². The van der Waals surface area contributed by atoms with E-state index in [4.69, 9.17) is 5.11 Å². The molecule has 0 aliphatic carbocycles. The van der Waals surface area contributed by atoms with Crippen LogP contribution in [0.2, 0.25) is 0 Å². The van der Waals surface area contributed by atoms with E-state index in [0.29, 0.717) is 0 Å². The molecular weight excluding hydrogens is 246 g/mol. The summed E-state index contributed by atoms with van der Waals surface area (Å²) in [5.41, 5.74) is 2.08. The molecule has 2 aromatic rings. The third-order valence-corrected chi connectivity index (χ3v) is 3.78. The summed E-state index contributed by atoms with van der Waals surface area (Å²) in [4.78, 5) is 4.38. The van der Waals surface area contributed by atoms with Gasteiger partial charge in [0.1, 0.15) is 5.03 Å². The molecule has 2 heterocycles. The molecule has 0 aliphatic heterocycles. The minimum Gasteiger partial charge on any atom is -0.395 e. The van der Waals surface area contributed by atoms with Crippen LogP contribution in [-0.2, 0) is 5.41 Å². The second kappa shape index (κ2) is 4.90. The number of aliphatic hydroxyl groups is 1. The zero-order valence-electron chi connectivity index (χ0n) is 11.2. The van der Waals surface area contributed by atoms with Crippen molar-refractivity contribution < 1.29 is 5.11 Å². The summed E-state index contributed by atoms with van der Waals surface area (Å²) in [6, 6.07) is 2.08. The van der Waals surface area contributed by atoms with Crippen LogP contribution in [0.1, 0.15) is 33.4 Å². The highest BCUT2D eigenvalue weighted by Gasteiger charge is 2.19. The number of aliphatic hydroxyl groups excluding tert-OH is 1. The summed E-state index contributed by atoms with van der Waals surface area (Å²) in [7, 11) is 0. The first-order valence-corrected chi connectivity index (χ1v) is 6.92. The van der Waals surface area contributed by atoms with Crippen LogP contribution in [-0.4, -0.2) is 31.6 Å². The number of hydrogen-bond acceptors (Lipinski definition) is 4. The van der Waals surface area contributed by atoms with E-state index in [-0.39, 0.29) is 17.3 Å². The summed E-state index contributed by atoms with van der Waals surface area (Å²) in [5.74, 6) is 0. The van der Waals surface area contributed by atoms with Gasteiger partial charge in [0.15, 0.2) is 0 Å². The van der Waals surface area contributed by atoms with Gasteiger partial charge in [0, 0.05) is 23.1 Å². The first kappa shape index (κ1) is 13.4. The second-order valence-electron chi connectivity index (χ2n) is 5.45. The Balaban J connectivity index is 2.46. The Hall–Kier alpha value is -1.07. The molecule has 0 amide bonds. The number of aromatic nitrogens is 3. The molecule has 0 bridgehead atoms. The third-order valence-electron chi connectivity index (χ3n) is 2.69. The summed E-state index contributed by atoms with van der Waals surface area (Å²) in [6.07, 6.45) is 3.61. The normalized spacial score (nSPS) is 14.1. The Labute approximate surface area is 111 Å². The van der Waals surface area contributed by atoms with Crippen molar-refractivity contribution in [2.75, 3.05) is 6.61 Å². The SMILES string of the molecule is CC(CO)Sc1nccn2nc(C(C)(C)C)cc12. The van der Waals surface area contributed by atoms with Crippen LogP contribution < -0.4 is 0 Å². The highest BCUT2D eigenvalue weighted by Crippen LogP contribution is 2.28. The molecule has 1 N–H and O–H groups in total. The van der Waals surface area contributed by atoms with Gasteiger partial charge < -0.3 is 5.11 Å². The number of fused-ring (bicyclic) bond motifs is 1. The lowest BCUT2D eigenvalue weighted by atomic mass is 9.92. The van der Waals surface area contributed by atoms with Crippen LogP contribution in [0.4, 0.5) is 0 Å². The molecule has 1 atom stereocenters. The molecule has 18 heavy (non-hydrogen) atoms. The Morgan fingerprint density at radius 2 is 2.17 bits per heavy atom. The van der Waals surface area contributed by atoms with Gasteiger partial charge in [-0.2, -0.15) is 5.10 Å². The van der Waals surface area contributed by atoms with Crippen LogP contribution in [0.15, 0.2) is 23.5 Å². The molecule has 0 spiro atoms. The lowest BCUT2D eigenvalue weighted by Crippen LogP contribution is -2.11. The van der Waals surface area contributed by atoms with E-state index in [1.54, 1.807) is 18.0 Å². The van der Waals surface area contributed by atoms with Gasteiger partial charge in [-0.05, 0) is 6.07 Å². The van der Waals surface area contributed by atoms with E-state index in [1.807, 2.05) is 17.6 Å². The van der Waals surface area contributed by atoms with E-state index in [9.17, 15) is 0 Å². The maximum absolute atomic E-state index is 9.13. The summed E-state index contributed by atoms with van der Waals surface area (Å²) in [5, 5.41) is 14.8. The predicted molar refractivity (Wildman–Crippen MR) is 74.1 cm³/mol. The summed E-state index contributed by atoms with van der Waals surface area (Å²) in [6.45, 7) is 8.56. The van der Waals surface area contributed by atoms with Crippen molar-refractivity contribution in [3.05, 3.63) is 24.2 Å². The largest absolute Gasteiger partial charge is 0.395 e. The minimum absolute atomic E-state index is 0.0244. The van der Waals surface area contributed by atoms with E-state index < -0.39 is 0 Å². The smallest absolute Gasteiger partial charge is 0.122 e. The van der Waals surface area contributed by atoms with Gasteiger partial charge in [-0.1, -0.05) is 39.5 Å². The van der Waals surface area contributed by atoms with E-state index in [1.165, 1.54) is 0 Å². The third kappa shape index (κ3) is 2.67. The van der Waals surface area contributed by atoms with Gasteiger partial charge in [-0.25, -0.2) is 9.50 Å². The molecule has 98 valence electrons. The van der Waals surface area contributed by atoms with E-state index >= 15 is 0 Å². The zero-order valence-corrected chi connectivity index (χ0v) is 12.0. The van der Waals surface area contributed by atoms with Crippen LogP contribution in [0, 0.1) is 0 Å². The van der Waals surface area contributed by atoms with Crippen molar-refractivity contribution in [1.82, 2.24) is 14.6 Å². The van der Waals surface area contributed by atoms with E-state index in [2.05, 4.69) is 36.9 Å². The number of nitrogens with zero attached hydrogens (tertiary/aromatic N) is 3. The molecule has 0 saturated heterocycles. The van der Waals surface area contributed by atoms with Gasteiger partial charge in [0.2, 0.25) is 0 Å². The minimum atomic E-state index is 0.0244. The highest BCUT2D eigenvalue weighted by molar-refractivity contribution is 8.00. The number of rotatable bonds is 3. The first-order chi connectivity index (χ1) is 8.41. The fraction of sp³-hybridized carbons (Fsp3) is 0.538. The predicted octanol–water partition coefficient (Wildman–Crippen LogP) is 2.50. The maximum Gasteiger partial charge on any atom is 0.122 e. The highest BCUT2D eigenvalue weighted by atomic mass is 32.2. The monoisotopic (exact) mass is 265 g/mol. The number of thioether (sulfide) groups is 1. The maximum atomic E-state index is 9.13. The number of hydrogen-bond donors (Lipinski definition) is 1. The lowest BCUT2D eigenvalue weighted by molar-refractivity contribution is 0.300. The Morgan fingerprint density at radius 3 is 2.78 bits per heavy atom. The van der Waals surface area contributed by atoms with Crippen molar-refractivity contribution in [2.45, 2.75) is 43.4 Å². The fourth-order valence-electron chi connectivity index (χ4n) is 1.58. The average molecular weight is 265 g/mol. The van der Waals surface area contributed by atoms with E-state index in [0.717, 1.165) is 16.2 Å². The zero-order chi connectivity index (χ0) is 13.3. The van der Waals surface area contributed by atoms with Crippen LogP contribution in [0.25, 0.3) is 5.52 Å². The Kier molecular flexibility index (Phi) is 3.64. The van der Waals surface area contributed by atoms with Gasteiger partial charge in [0.05, 0.1) is 17.8 Å². The molecule has 2 aromatic heterocycles. The lowest BCUT2D eigenvalue weighted by Gasteiger charge is -2.13. The summed E-state index contributed by atoms with van der Waals surface area (Å²) < 4.78 is 1.86. The van der Waals surface area contributed by atoms with Gasteiger partial charge in [-0.3, -0.25) is 0 Å². The molecule has 0 radical (unpaired) electrons. The van der Waals surface area contributed by atoms with Crippen molar-refractivity contribution in [3.8, 4) is 0 Å². The van der Waals surface area contributed by atoms with Gasteiger partial charge in [0.25, 0.3) is 0 Å².